The van der Waals surface area contributed by atoms with Crippen LogP contribution in [0.4, 0.5) is 11.4 Å². The minimum atomic E-state index is 0.175. The minimum absolute atomic E-state index is 0.175. The Kier molecular flexibility index (Phi) is 7.28. The molecule has 4 nitrogen and oxygen atoms in total. The van der Waals surface area contributed by atoms with Crippen molar-refractivity contribution in [3.63, 3.8) is 0 Å². The Bertz CT molecular complexity index is 1450. The second-order valence-corrected chi connectivity index (χ2v) is 12.3. The number of hydrogen-bond acceptors (Lipinski definition) is 4. The quantitative estimate of drug-likeness (QED) is 0.200. The molecule has 4 aromatic carbocycles. The van der Waals surface area contributed by atoms with Crippen LogP contribution in [-0.4, -0.2) is 12.2 Å². The minimum Gasteiger partial charge on any atom is -0.211 e. The van der Waals surface area contributed by atoms with Gasteiger partial charge < -0.3 is 0 Å². The van der Waals surface area contributed by atoms with E-state index in [0.29, 0.717) is 17.8 Å². The first kappa shape index (κ1) is 26.2. The van der Waals surface area contributed by atoms with Gasteiger partial charge in [-0.1, -0.05) is 90.1 Å². The van der Waals surface area contributed by atoms with Crippen LogP contribution in [0.3, 0.4) is 0 Å². The Balaban J connectivity index is 1.90. The van der Waals surface area contributed by atoms with Gasteiger partial charge in [0.05, 0.1) is 11.4 Å². The Labute approximate surface area is 219 Å². The molecule has 0 fully saturated rings. The molecule has 0 saturated heterocycles. The van der Waals surface area contributed by atoms with Crippen LogP contribution in [0.1, 0.15) is 63.8 Å². The average Bonchev–Trinajstić information content (AvgIpc) is 2.80. The van der Waals surface area contributed by atoms with Crippen molar-refractivity contribution in [2.75, 3.05) is 0 Å². The first-order valence-corrected chi connectivity index (χ1v) is 12.7. The van der Waals surface area contributed by atoms with Gasteiger partial charge >= 0.3 is 0 Å². The fourth-order valence-corrected chi connectivity index (χ4v) is 5.17. The third-order valence-electron chi connectivity index (χ3n) is 6.50. The van der Waals surface area contributed by atoms with Crippen LogP contribution in [0.15, 0.2) is 70.6 Å². The molecule has 37 heavy (non-hydrogen) atoms. The van der Waals surface area contributed by atoms with Crippen LogP contribution in [0.25, 0.3) is 21.5 Å². The van der Waals surface area contributed by atoms with Crippen LogP contribution in [0.2, 0.25) is 0 Å². The summed E-state index contributed by atoms with van der Waals surface area (Å²) in [6.45, 7) is 13.4. The van der Waals surface area contributed by atoms with Crippen LogP contribution < -0.4 is 0 Å². The second kappa shape index (κ2) is 10.3. The van der Waals surface area contributed by atoms with Crippen LogP contribution >= 0.6 is 0 Å². The van der Waals surface area contributed by atoms with Gasteiger partial charge in [0.25, 0.3) is 0 Å². The molecule has 0 N–H and O–H groups in total. The molecule has 0 heterocycles. The van der Waals surface area contributed by atoms with Gasteiger partial charge in [0.15, 0.2) is 0 Å². The van der Waals surface area contributed by atoms with Crippen LogP contribution in [0.5, 0.6) is 0 Å². The molecular weight excluding hydrogens is 456 g/mol. The highest BCUT2D eigenvalue weighted by Gasteiger charge is 2.17. The van der Waals surface area contributed by atoms with E-state index in [1.807, 2.05) is 24.3 Å². The van der Waals surface area contributed by atoms with E-state index < -0.39 is 0 Å². The molecule has 0 saturated carbocycles. The molecule has 0 atom stereocenters. The van der Waals surface area contributed by atoms with E-state index in [1.54, 1.807) is 12.2 Å². The largest absolute Gasteiger partial charge is 0.240 e. The molecule has 0 aromatic heterocycles. The number of rotatable bonds is 6. The van der Waals surface area contributed by atoms with Gasteiger partial charge in [-0.2, -0.15) is 9.98 Å². The first-order valence-electron chi connectivity index (χ1n) is 12.7. The summed E-state index contributed by atoms with van der Waals surface area (Å²) < 4.78 is 0. The summed E-state index contributed by atoms with van der Waals surface area (Å²) in [6, 6.07) is 20.7. The van der Waals surface area contributed by atoms with Crippen molar-refractivity contribution in [3.05, 3.63) is 82.9 Å². The van der Waals surface area contributed by atoms with E-state index in [4.69, 9.17) is 0 Å². The Morgan fingerprint density at radius 3 is 1.35 bits per heavy atom. The SMILES string of the molecule is CC(C)(C)Cc1ccc2c(Cc3c(N=C=O)ccc4cc(CC(C)(C)C)ccc34)c(N=C=O)ccc2c1. The molecule has 188 valence electrons. The zero-order valence-corrected chi connectivity index (χ0v) is 22.6. The summed E-state index contributed by atoms with van der Waals surface area (Å²) in [5.41, 5.74) is 5.86. The Morgan fingerprint density at radius 1 is 0.595 bits per heavy atom. The summed E-state index contributed by atoms with van der Waals surface area (Å²) >= 11 is 0. The van der Waals surface area contributed by atoms with Crippen molar-refractivity contribution in [3.8, 4) is 0 Å². The predicted octanol–water partition coefficient (Wildman–Crippen LogP) is 8.70. The third kappa shape index (κ3) is 6.30. The molecule has 4 rings (SSSR count). The molecule has 0 spiro atoms. The highest BCUT2D eigenvalue weighted by Crippen LogP contribution is 2.37. The van der Waals surface area contributed by atoms with Crippen molar-refractivity contribution in [1.82, 2.24) is 0 Å². The lowest BCUT2D eigenvalue weighted by Crippen LogP contribution is -2.09. The summed E-state index contributed by atoms with van der Waals surface area (Å²) in [7, 11) is 0. The lowest BCUT2D eigenvalue weighted by molar-refractivity contribution is 0.411. The van der Waals surface area contributed by atoms with Gasteiger partial charge in [-0.15, -0.1) is 0 Å². The topological polar surface area (TPSA) is 58.9 Å². The average molecular weight is 491 g/mol. The van der Waals surface area contributed by atoms with Crippen molar-refractivity contribution in [1.29, 1.82) is 0 Å². The highest BCUT2D eigenvalue weighted by atomic mass is 16.1. The zero-order chi connectivity index (χ0) is 26.8. The lowest BCUT2D eigenvalue weighted by atomic mass is 9.86. The number of fused-ring (bicyclic) bond motifs is 2. The smallest absolute Gasteiger partial charge is 0.211 e. The molecular formula is C33H34N2O2. The molecule has 0 aliphatic heterocycles. The van der Waals surface area contributed by atoms with Gasteiger partial charge in [0, 0.05) is 6.42 Å². The molecule has 0 unspecified atom stereocenters. The van der Waals surface area contributed by atoms with Crippen molar-refractivity contribution in [2.24, 2.45) is 20.8 Å². The van der Waals surface area contributed by atoms with Crippen LogP contribution in [-0.2, 0) is 28.9 Å². The van der Waals surface area contributed by atoms with Crippen molar-refractivity contribution >= 4 is 45.1 Å². The standard InChI is InChI=1S/C33H34N2O2/c1-32(2,3)18-22-7-11-26-24(15-22)9-13-30(34-20-36)28(26)17-29-27-12-8-23(19-33(4,5)6)16-25(27)10-14-31(29)35-21-37/h7-16H,17-19H2,1-6H3. The number of isocyanates is 2. The molecule has 4 heteroatoms. The molecule has 0 aliphatic rings. The molecule has 0 aliphatic carbocycles. The molecule has 4 aromatic rings. The summed E-state index contributed by atoms with van der Waals surface area (Å²) in [4.78, 5) is 30.7. The number of carbonyl (C=O) groups excluding carboxylic acids is 2. The van der Waals surface area contributed by atoms with Gasteiger partial charge in [0.2, 0.25) is 12.2 Å². The molecule has 0 amide bonds. The monoisotopic (exact) mass is 490 g/mol. The first-order chi connectivity index (χ1) is 17.5. The second-order valence-electron chi connectivity index (χ2n) is 12.3. The summed E-state index contributed by atoms with van der Waals surface area (Å²) in [5, 5.41) is 4.23. The highest BCUT2D eigenvalue weighted by molar-refractivity contribution is 5.94. The molecule has 0 radical (unpaired) electrons. The maximum atomic E-state index is 11.3. The summed E-state index contributed by atoms with van der Waals surface area (Å²) in [5.74, 6) is 0. The normalized spacial score (nSPS) is 11.8. The third-order valence-corrected chi connectivity index (χ3v) is 6.50. The Morgan fingerprint density at radius 2 is 1.00 bits per heavy atom. The van der Waals surface area contributed by atoms with Crippen molar-refractivity contribution in [2.45, 2.75) is 60.8 Å². The number of nitrogens with zero attached hydrogens (tertiary/aromatic N) is 2. The van der Waals surface area contributed by atoms with Gasteiger partial charge in [-0.05, 0) is 79.6 Å². The fourth-order valence-electron chi connectivity index (χ4n) is 5.17. The lowest BCUT2D eigenvalue weighted by Gasteiger charge is -2.20. The Hall–Kier alpha value is -3.84. The van der Waals surface area contributed by atoms with E-state index in [-0.39, 0.29) is 10.8 Å². The zero-order valence-electron chi connectivity index (χ0n) is 22.6. The molecule has 0 bridgehead atoms. The van der Waals surface area contributed by atoms with E-state index in [0.717, 1.165) is 45.5 Å². The van der Waals surface area contributed by atoms with Crippen LogP contribution in [0, 0.1) is 10.8 Å². The van der Waals surface area contributed by atoms with Gasteiger partial charge in [0.1, 0.15) is 0 Å². The maximum Gasteiger partial charge on any atom is 0.240 e. The van der Waals surface area contributed by atoms with E-state index in [2.05, 4.69) is 87.9 Å². The van der Waals surface area contributed by atoms with Crippen molar-refractivity contribution < 1.29 is 9.59 Å². The number of hydrogen-bond donors (Lipinski definition) is 0. The van der Waals surface area contributed by atoms with E-state index >= 15 is 0 Å². The number of aliphatic imine (C=N–C) groups is 2. The number of benzene rings is 4. The van der Waals surface area contributed by atoms with E-state index in [1.165, 1.54) is 11.1 Å². The predicted molar refractivity (Wildman–Crippen MR) is 153 cm³/mol. The fraction of sp³-hybridized carbons (Fsp3) is 0.333. The van der Waals surface area contributed by atoms with E-state index in [9.17, 15) is 9.59 Å². The maximum absolute atomic E-state index is 11.3. The summed E-state index contributed by atoms with van der Waals surface area (Å²) in [6.07, 6.45) is 5.82. The van der Waals surface area contributed by atoms with Gasteiger partial charge in [-0.25, -0.2) is 9.59 Å². The van der Waals surface area contributed by atoms with Gasteiger partial charge in [-0.3, -0.25) is 0 Å².